The molecule has 0 aliphatic carbocycles. The summed E-state index contributed by atoms with van der Waals surface area (Å²) in [5.74, 6) is 0.00381. The number of nitrogens with one attached hydrogen (secondary N) is 2. The van der Waals surface area contributed by atoms with Crippen LogP contribution in [0.5, 0.6) is 0 Å². The van der Waals surface area contributed by atoms with E-state index in [1.807, 2.05) is 4.90 Å². The van der Waals surface area contributed by atoms with Gasteiger partial charge in [-0.05, 0) is 36.8 Å². The first-order valence-corrected chi connectivity index (χ1v) is 12.1. The van der Waals surface area contributed by atoms with Crippen LogP contribution in [0.25, 0.3) is 11.0 Å². The summed E-state index contributed by atoms with van der Waals surface area (Å²) < 4.78 is 46.5. The Balaban J connectivity index is 1.68. The fraction of sp³-hybridized carbons (Fsp3) is 0.318. The highest BCUT2D eigenvalue weighted by Crippen LogP contribution is 2.30. The van der Waals surface area contributed by atoms with Gasteiger partial charge in [0.2, 0.25) is 10.0 Å². The van der Waals surface area contributed by atoms with Gasteiger partial charge in [-0.3, -0.25) is 9.71 Å². The molecule has 1 aliphatic rings. The number of hydrogen-bond donors (Lipinski definition) is 2. The van der Waals surface area contributed by atoms with E-state index in [4.69, 9.17) is 4.74 Å². The van der Waals surface area contributed by atoms with E-state index in [9.17, 15) is 18.1 Å². The van der Waals surface area contributed by atoms with Crippen LogP contribution in [0.1, 0.15) is 18.9 Å². The van der Waals surface area contributed by atoms with E-state index in [1.165, 1.54) is 12.1 Å². The molecule has 33 heavy (non-hydrogen) atoms. The highest BCUT2D eigenvalue weighted by atomic mass is 32.2. The first-order chi connectivity index (χ1) is 15.9. The number of ether oxygens (including phenoxy) is 1. The molecule has 0 spiro atoms. The number of benzene rings is 2. The third-order valence-corrected chi connectivity index (χ3v) is 6.62. The monoisotopic (exact) mass is 470 g/mol. The lowest BCUT2D eigenvalue weighted by Gasteiger charge is -2.27. The van der Waals surface area contributed by atoms with Crippen molar-refractivity contribution in [1.82, 2.24) is 9.97 Å². The van der Waals surface area contributed by atoms with Crippen LogP contribution in [-0.4, -0.2) is 50.4 Å². The fourth-order valence-electron chi connectivity index (χ4n) is 3.56. The number of nitrogens with zero attached hydrogens (tertiary/aromatic N) is 4. The van der Waals surface area contributed by atoms with Crippen LogP contribution in [0.2, 0.25) is 0 Å². The minimum atomic E-state index is -3.53. The lowest BCUT2D eigenvalue weighted by molar-refractivity contribution is 0.122. The minimum absolute atomic E-state index is 0.0276. The van der Waals surface area contributed by atoms with E-state index >= 15 is 0 Å². The number of morpholine rings is 1. The summed E-state index contributed by atoms with van der Waals surface area (Å²) in [5.41, 5.74) is 1.74. The van der Waals surface area contributed by atoms with Crippen molar-refractivity contribution in [1.29, 1.82) is 5.26 Å². The van der Waals surface area contributed by atoms with Gasteiger partial charge in [0.25, 0.3) is 0 Å². The van der Waals surface area contributed by atoms with Gasteiger partial charge in [-0.25, -0.2) is 17.8 Å². The highest BCUT2D eigenvalue weighted by molar-refractivity contribution is 7.92. The summed E-state index contributed by atoms with van der Waals surface area (Å²) in [4.78, 5) is 11.1. The molecule has 9 nitrogen and oxygen atoms in total. The number of sulfonamides is 1. The van der Waals surface area contributed by atoms with Crippen molar-refractivity contribution in [3.8, 4) is 6.07 Å². The Bertz CT molecular complexity index is 1320. The van der Waals surface area contributed by atoms with E-state index in [0.29, 0.717) is 55.3 Å². The molecule has 0 radical (unpaired) electrons. The van der Waals surface area contributed by atoms with Gasteiger partial charge in [0.05, 0.1) is 47.7 Å². The van der Waals surface area contributed by atoms with Gasteiger partial charge in [0.1, 0.15) is 28.8 Å². The standard InChI is InChI=1S/C22H23FN6O3S/c1-2-11-33(30,31)28-15-3-4-17(23)20(12-15)26-18-5-6-19-22(16(18)13-24)27-21(14-25-19)29-7-9-32-10-8-29/h3-6,12,14,26,28H,2,7-11H2,1H3. The van der Waals surface area contributed by atoms with Crippen LogP contribution in [0.3, 0.4) is 0 Å². The summed E-state index contributed by atoms with van der Waals surface area (Å²) >= 11 is 0. The van der Waals surface area contributed by atoms with E-state index in [2.05, 4.69) is 26.1 Å². The molecule has 1 saturated heterocycles. The van der Waals surface area contributed by atoms with E-state index < -0.39 is 15.8 Å². The molecule has 11 heteroatoms. The van der Waals surface area contributed by atoms with Crippen LogP contribution < -0.4 is 14.9 Å². The molecule has 4 rings (SSSR count). The Hall–Kier alpha value is -3.49. The number of anilines is 4. The number of aromatic nitrogens is 2. The predicted molar refractivity (Wildman–Crippen MR) is 125 cm³/mol. The number of fused-ring (bicyclic) bond motifs is 1. The first kappa shape index (κ1) is 22.7. The Labute approximate surface area is 191 Å². The number of nitriles is 1. The largest absolute Gasteiger partial charge is 0.378 e. The van der Waals surface area contributed by atoms with Crippen LogP contribution in [0.15, 0.2) is 36.5 Å². The lowest BCUT2D eigenvalue weighted by Crippen LogP contribution is -2.36. The summed E-state index contributed by atoms with van der Waals surface area (Å²) in [5, 5.41) is 12.8. The Morgan fingerprint density at radius 3 is 2.73 bits per heavy atom. The van der Waals surface area contributed by atoms with Crippen molar-refractivity contribution < 1.29 is 17.5 Å². The molecule has 2 N–H and O–H groups in total. The highest BCUT2D eigenvalue weighted by Gasteiger charge is 2.17. The molecule has 0 unspecified atom stereocenters. The molecule has 2 heterocycles. The predicted octanol–water partition coefficient (Wildman–Crippen LogP) is 3.37. The normalized spacial score (nSPS) is 14.2. The van der Waals surface area contributed by atoms with Gasteiger partial charge in [-0.1, -0.05) is 6.92 Å². The SMILES string of the molecule is CCCS(=O)(=O)Nc1ccc(F)c(Nc2ccc3ncc(N4CCOCC4)nc3c2C#N)c1. The smallest absolute Gasteiger partial charge is 0.232 e. The average molecular weight is 471 g/mol. The van der Waals surface area contributed by atoms with Crippen LogP contribution in [0, 0.1) is 17.1 Å². The maximum atomic E-state index is 14.5. The molecular weight excluding hydrogens is 447 g/mol. The van der Waals surface area contributed by atoms with Gasteiger partial charge in [-0.15, -0.1) is 0 Å². The Morgan fingerprint density at radius 1 is 1.21 bits per heavy atom. The van der Waals surface area contributed by atoms with E-state index in [0.717, 1.165) is 6.07 Å². The molecule has 0 saturated carbocycles. The fourth-order valence-corrected chi connectivity index (χ4v) is 4.68. The third-order valence-electron chi connectivity index (χ3n) is 5.13. The zero-order valence-corrected chi connectivity index (χ0v) is 18.8. The van der Waals surface area contributed by atoms with Crippen LogP contribution in [-0.2, 0) is 14.8 Å². The molecule has 1 aromatic heterocycles. The molecule has 0 amide bonds. The summed E-state index contributed by atoms with van der Waals surface area (Å²) in [6, 6.07) is 9.31. The Kier molecular flexibility index (Phi) is 6.57. The number of rotatable bonds is 7. The molecular formula is C22H23FN6O3S. The third kappa shape index (κ3) is 5.13. The average Bonchev–Trinajstić information content (AvgIpc) is 2.81. The second kappa shape index (κ2) is 9.56. The van der Waals surface area contributed by atoms with Gasteiger partial charge in [-0.2, -0.15) is 5.26 Å². The molecule has 0 bridgehead atoms. The van der Waals surface area contributed by atoms with Crippen molar-refractivity contribution in [2.24, 2.45) is 0 Å². The zero-order valence-electron chi connectivity index (χ0n) is 18.0. The number of halogens is 1. The van der Waals surface area contributed by atoms with Gasteiger partial charge in [0.15, 0.2) is 0 Å². The van der Waals surface area contributed by atoms with Crippen LogP contribution in [0.4, 0.5) is 27.3 Å². The van der Waals surface area contributed by atoms with E-state index in [-0.39, 0.29) is 22.7 Å². The topological polar surface area (TPSA) is 120 Å². The number of hydrogen-bond acceptors (Lipinski definition) is 8. The zero-order chi connectivity index (χ0) is 23.4. The van der Waals surface area contributed by atoms with Gasteiger partial charge in [0, 0.05) is 13.1 Å². The van der Waals surface area contributed by atoms with E-state index in [1.54, 1.807) is 25.3 Å². The van der Waals surface area contributed by atoms with Crippen molar-refractivity contribution in [3.63, 3.8) is 0 Å². The Morgan fingerprint density at radius 2 is 2.00 bits per heavy atom. The molecule has 172 valence electrons. The van der Waals surface area contributed by atoms with Crippen molar-refractivity contribution >= 4 is 43.9 Å². The summed E-state index contributed by atoms with van der Waals surface area (Å²) in [6.07, 6.45) is 2.12. The molecule has 3 aromatic rings. The second-order valence-corrected chi connectivity index (χ2v) is 9.38. The minimum Gasteiger partial charge on any atom is -0.378 e. The van der Waals surface area contributed by atoms with Crippen LogP contribution >= 0.6 is 0 Å². The van der Waals surface area contributed by atoms with Crippen molar-refractivity contribution in [2.45, 2.75) is 13.3 Å². The molecule has 1 aliphatic heterocycles. The quantitative estimate of drug-likeness (QED) is 0.539. The second-order valence-electron chi connectivity index (χ2n) is 7.54. The van der Waals surface area contributed by atoms with Crippen molar-refractivity contribution in [2.75, 3.05) is 47.0 Å². The summed E-state index contributed by atoms with van der Waals surface area (Å²) in [7, 11) is -3.53. The van der Waals surface area contributed by atoms with Crippen molar-refractivity contribution in [3.05, 3.63) is 47.9 Å². The van der Waals surface area contributed by atoms with Gasteiger partial charge < -0.3 is 15.0 Å². The molecule has 2 aromatic carbocycles. The maximum Gasteiger partial charge on any atom is 0.232 e. The first-order valence-electron chi connectivity index (χ1n) is 10.5. The molecule has 0 atom stereocenters. The molecule has 1 fully saturated rings. The maximum absolute atomic E-state index is 14.5. The van der Waals surface area contributed by atoms with Gasteiger partial charge >= 0.3 is 0 Å². The summed E-state index contributed by atoms with van der Waals surface area (Å²) in [6.45, 7) is 4.28. The lowest BCUT2D eigenvalue weighted by atomic mass is 10.1.